The van der Waals surface area contributed by atoms with Crippen LogP contribution in [0.1, 0.15) is 27.8 Å². The molecule has 0 amide bonds. The van der Waals surface area contributed by atoms with Crippen molar-refractivity contribution in [2.75, 3.05) is 7.05 Å². The van der Waals surface area contributed by atoms with Crippen molar-refractivity contribution < 1.29 is 4.39 Å². The van der Waals surface area contributed by atoms with Gasteiger partial charge in [0.25, 0.3) is 0 Å². The van der Waals surface area contributed by atoms with Crippen molar-refractivity contribution in [3.05, 3.63) is 70.0 Å². The summed E-state index contributed by atoms with van der Waals surface area (Å²) in [7, 11) is 1.99. The molecular formula is C19H24FN. The molecule has 0 spiro atoms. The van der Waals surface area contributed by atoms with Crippen LogP contribution < -0.4 is 5.32 Å². The van der Waals surface area contributed by atoms with Crippen LogP contribution in [0.25, 0.3) is 0 Å². The predicted octanol–water partition coefficient (Wildman–Crippen LogP) is 4.12. The van der Waals surface area contributed by atoms with Crippen molar-refractivity contribution in [3.8, 4) is 0 Å². The second-order valence-electron chi connectivity index (χ2n) is 5.90. The van der Waals surface area contributed by atoms with Gasteiger partial charge in [0.15, 0.2) is 0 Å². The van der Waals surface area contributed by atoms with E-state index < -0.39 is 0 Å². The monoisotopic (exact) mass is 285 g/mol. The SMILES string of the molecule is CNC(Cc1ccc(F)cc1)Cc1c(C)cc(C)cc1C. The van der Waals surface area contributed by atoms with Crippen molar-refractivity contribution in [3.63, 3.8) is 0 Å². The molecule has 2 heteroatoms. The molecule has 1 N–H and O–H groups in total. The number of rotatable bonds is 5. The Hall–Kier alpha value is -1.67. The van der Waals surface area contributed by atoms with Crippen LogP contribution in [0.3, 0.4) is 0 Å². The zero-order valence-corrected chi connectivity index (χ0v) is 13.3. The number of nitrogens with one attached hydrogen (secondary N) is 1. The van der Waals surface area contributed by atoms with Gasteiger partial charge < -0.3 is 5.32 Å². The minimum atomic E-state index is -0.176. The number of hydrogen-bond donors (Lipinski definition) is 1. The Kier molecular flexibility index (Phi) is 5.13. The molecule has 0 saturated carbocycles. The first-order valence-electron chi connectivity index (χ1n) is 7.48. The number of halogens is 1. The molecule has 2 aromatic rings. The summed E-state index contributed by atoms with van der Waals surface area (Å²) in [4.78, 5) is 0. The van der Waals surface area contributed by atoms with Gasteiger partial charge in [-0.25, -0.2) is 4.39 Å². The molecule has 1 atom stereocenters. The van der Waals surface area contributed by atoms with Crippen molar-refractivity contribution >= 4 is 0 Å². The number of aryl methyl sites for hydroxylation is 3. The lowest BCUT2D eigenvalue weighted by Crippen LogP contribution is -2.30. The van der Waals surface area contributed by atoms with Gasteiger partial charge in [0, 0.05) is 6.04 Å². The molecule has 2 aromatic carbocycles. The van der Waals surface area contributed by atoms with Crippen LogP contribution in [0.2, 0.25) is 0 Å². The zero-order valence-electron chi connectivity index (χ0n) is 13.3. The van der Waals surface area contributed by atoms with Crippen LogP contribution >= 0.6 is 0 Å². The third-order valence-electron chi connectivity index (χ3n) is 4.09. The highest BCUT2D eigenvalue weighted by molar-refractivity contribution is 5.38. The first kappa shape index (κ1) is 15.7. The Morgan fingerprint density at radius 1 is 0.952 bits per heavy atom. The van der Waals surface area contributed by atoms with Gasteiger partial charge in [-0.1, -0.05) is 29.8 Å². The molecule has 1 unspecified atom stereocenters. The Labute approximate surface area is 127 Å². The lowest BCUT2D eigenvalue weighted by molar-refractivity contribution is 0.553. The lowest BCUT2D eigenvalue weighted by atomic mass is 9.92. The van der Waals surface area contributed by atoms with Gasteiger partial charge in [-0.15, -0.1) is 0 Å². The number of likely N-dealkylation sites (N-methyl/N-ethyl adjacent to an activating group) is 1. The molecule has 0 aliphatic rings. The van der Waals surface area contributed by atoms with Crippen LogP contribution in [0.5, 0.6) is 0 Å². The summed E-state index contributed by atoms with van der Waals surface area (Å²) in [5.74, 6) is -0.176. The highest BCUT2D eigenvalue weighted by Gasteiger charge is 2.12. The summed E-state index contributed by atoms with van der Waals surface area (Å²) < 4.78 is 13.0. The molecule has 0 saturated heterocycles. The van der Waals surface area contributed by atoms with E-state index >= 15 is 0 Å². The molecule has 112 valence electrons. The largest absolute Gasteiger partial charge is 0.316 e. The summed E-state index contributed by atoms with van der Waals surface area (Å²) >= 11 is 0. The topological polar surface area (TPSA) is 12.0 Å². The fourth-order valence-electron chi connectivity index (χ4n) is 2.96. The Bertz CT molecular complexity index is 578. The normalized spacial score (nSPS) is 12.4. The molecule has 0 aliphatic heterocycles. The smallest absolute Gasteiger partial charge is 0.123 e. The molecule has 0 bridgehead atoms. The average molecular weight is 285 g/mol. The standard InChI is InChI=1S/C19H24FN/c1-13-9-14(2)19(15(3)10-13)12-18(21-4)11-16-5-7-17(20)8-6-16/h5-10,18,21H,11-12H2,1-4H3. The van der Waals surface area contributed by atoms with Crippen LogP contribution in [-0.4, -0.2) is 13.1 Å². The van der Waals surface area contributed by atoms with Gasteiger partial charge in [0.1, 0.15) is 5.82 Å². The summed E-state index contributed by atoms with van der Waals surface area (Å²) in [5, 5.41) is 3.39. The summed E-state index contributed by atoms with van der Waals surface area (Å²) in [6, 6.07) is 11.6. The minimum absolute atomic E-state index is 0.176. The summed E-state index contributed by atoms with van der Waals surface area (Å²) in [6.45, 7) is 6.50. The predicted molar refractivity (Wildman–Crippen MR) is 87.3 cm³/mol. The molecule has 0 fully saturated rings. The van der Waals surface area contributed by atoms with E-state index in [0.717, 1.165) is 18.4 Å². The van der Waals surface area contributed by atoms with E-state index in [1.807, 2.05) is 19.2 Å². The summed E-state index contributed by atoms with van der Waals surface area (Å²) in [5.41, 5.74) is 6.60. The van der Waals surface area contributed by atoms with Gasteiger partial charge in [-0.3, -0.25) is 0 Å². The molecule has 0 radical (unpaired) electrons. The average Bonchev–Trinajstić information content (AvgIpc) is 2.43. The fourth-order valence-corrected chi connectivity index (χ4v) is 2.96. The third-order valence-corrected chi connectivity index (χ3v) is 4.09. The van der Waals surface area contributed by atoms with E-state index in [4.69, 9.17) is 0 Å². The molecule has 1 nitrogen and oxygen atoms in total. The van der Waals surface area contributed by atoms with Gasteiger partial charge >= 0.3 is 0 Å². The highest BCUT2D eigenvalue weighted by Crippen LogP contribution is 2.19. The molecule has 0 heterocycles. The highest BCUT2D eigenvalue weighted by atomic mass is 19.1. The molecule has 0 aliphatic carbocycles. The Morgan fingerprint density at radius 3 is 2.05 bits per heavy atom. The second kappa shape index (κ2) is 6.86. The first-order valence-corrected chi connectivity index (χ1v) is 7.48. The van der Waals surface area contributed by atoms with E-state index in [-0.39, 0.29) is 5.82 Å². The van der Waals surface area contributed by atoms with Crippen LogP contribution in [0.15, 0.2) is 36.4 Å². The fraction of sp³-hybridized carbons (Fsp3) is 0.368. The maximum absolute atomic E-state index is 13.0. The van der Waals surface area contributed by atoms with Gasteiger partial charge in [0.05, 0.1) is 0 Å². The Morgan fingerprint density at radius 2 is 1.52 bits per heavy atom. The van der Waals surface area contributed by atoms with Crippen LogP contribution in [0, 0.1) is 26.6 Å². The maximum Gasteiger partial charge on any atom is 0.123 e. The van der Waals surface area contributed by atoms with Crippen LogP contribution in [-0.2, 0) is 12.8 Å². The van der Waals surface area contributed by atoms with Crippen molar-refractivity contribution in [1.29, 1.82) is 0 Å². The molecular weight excluding hydrogens is 261 g/mol. The van der Waals surface area contributed by atoms with E-state index in [1.54, 1.807) is 0 Å². The van der Waals surface area contributed by atoms with E-state index in [1.165, 1.54) is 34.4 Å². The quantitative estimate of drug-likeness (QED) is 0.871. The second-order valence-corrected chi connectivity index (χ2v) is 5.90. The van der Waals surface area contributed by atoms with E-state index in [9.17, 15) is 4.39 Å². The third kappa shape index (κ3) is 4.15. The number of benzene rings is 2. The lowest BCUT2D eigenvalue weighted by Gasteiger charge is -2.20. The molecule has 0 aromatic heterocycles. The van der Waals surface area contributed by atoms with Gasteiger partial charge in [-0.2, -0.15) is 0 Å². The van der Waals surface area contributed by atoms with Crippen LogP contribution in [0.4, 0.5) is 4.39 Å². The van der Waals surface area contributed by atoms with E-state index in [0.29, 0.717) is 6.04 Å². The minimum Gasteiger partial charge on any atom is -0.316 e. The summed E-state index contributed by atoms with van der Waals surface area (Å²) in [6.07, 6.45) is 1.90. The van der Waals surface area contributed by atoms with Crippen molar-refractivity contribution in [2.24, 2.45) is 0 Å². The zero-order chi connectivity index (χ0) is 15.4. The van der Waals surface area contributed by atoms with E-state index in [2.05, 4.69) is 38.2 Å². The Balaban J connectivity index is 2.14. The molecule has 2 rings (SSSR count). The maximum atomic E-state index is 13.0. The van der Waals surface area contributed by atoms with Gasteiger partial charge in [0.2, 0.25) is 0 Å². The van der Waals surface area contributed by atoms with Crippen molar-refractivity contribution in [2.45, 2.75) is 39.7 Å². The first-order chi connectivity index (χ1) is 9.99. The van der Waals surface area contributed by atoms with Crippen molar-refractivity contribution in [1.82, 2.24) is 5.32 Å². The molecule has 21 heavy (non-hydrogen) atoms. The number of hydrogen-bond acceptors (Lipinski definition) is 1. The van der Waals surface area contributed by atoms with Gasteiger partial charge in [-0.05, 0) is 75.0 Å².